The molecule has 104 valence electrons. The Bertz CT molecular complexity index is 464. The molecule has 1 aromatic rings. The fourth-order valence-corrected chi connectivity index (χ4v) is 4.43. The van der Waals surface area contributed by atoms with Crippen LogP contribution in [0.5, 0.6) is 11.5 Å². The number of thioether (sulfide) groups is 1. The zero-order valence-electron chi connectivity index (χ0n) is 11.6. The van der Waals surface area contributed by atoms with E-state index in [0.29, 0.717) is 11.3 Å². The van der Waals surface area contributed by atoms with Gasteiger partial charge in [0.25, 0.3) is 0 Å². The molecule has 0 saturated heterocycles. The Kier molecular flexibility index (Phi) is 3.89. The molecule has 3 rings (SSSR count). The summed E-state index contributed by atoms with van der Waals surface area (Å²) in [6.07, 6.45) is 3.41. The molecule has 0 aliphatic carbocycles. The third-order valence-electron chi connectivity index (χ3n) is 3.75. The third kappa shape index (κ3) is 2.43. The van der Waals surface area contributed by atoms with Crippen LogP contribution >= 0.6 is 11.8 Å². The zero-order valence-corrected chi connectivity index (χ0v) is 12.4. The average molecular weight is 279 g/mol. The molecular formula is C15H21NO2S. The lowest BCUT2D eigenvalue weighted by atomic mass is 10.0. The minimum Gasteiger partial charge on any atom is -0.490 e. The summed E-state index contributed by atoms with van der Waals surface area (Å²) in [5.41, 5.74) is 1.37. The van der Waals surface area contributed by atoms with E-state index in [-0.39, 0.29) is 0 Å². The minimum absolute atomic E-state index is 0.428. The molecule has 1 aromatic carbocycles. The van der Waals surface area contributed by atoms with Gasteiger partial charge in [-0.25, -0.2) is 0 Å². The van der Waals surface area contributed by atoms with Crippen molar-refractivity contribution < 1.29 is 9.47 Å². The van der Waals surface area contributed by atoms with Crippen molar-refractivity contribution in [3.8, 4) is 11.5 Å². The Morgan fingerprint density at radius 2 is 2.00 bits per heavy atom. The van der Waals surface area contributed by atoms with E-state index < -0.39 is 0 Å². The van der Waals surface area contributed by atoms with Crippen LogP contribution in [0.4, 0.5) is 0 Å². The van der Waals surface area contributed by atoms with E-state index in [9.17, 15) is 0 Å². The number of ether oxygens (including phenoxy) is 2. The van der Waals surface area contributed by atoms with Crippen molar-refractivity contribution in [3.05, 3.63) is 17.7 Å². The number of fused-ring (bicyclic) bond motifs is 2. The lowest BCUT2D eigenvalue weighted by molar-refractivity contribution is 0.296. The quantitative estimate of drug-likeness (QED) is 0.919. The molecule has 0 aromatic heterocycles. The minimum atomic E-state index is 0.428. The summed E-state index contributed by atoms with van der Waals surface area (Å²) >= 11 is 1.97. The van der Waals surface area contributed by atoms with Crippen molar-refractivity contribution in [2.75, 3.05) is 20.3 Å². The molecule has 0 spiro atoms. The first kappa shape index (κ1) is 13.1. The molecule has 0 bridgehead atoms. The third-order valence-corrected chi connectivity index (χ3v) is 5.17. The van der Waals surface area contributed by atoms with Gasteiger partial charge in [0, 0.05) is 22.6 Å². The van der Waals surface area contributed by atoms with Gasteiger partial charge in [-0.15, -0.1) is 11.8 Å². The van der Waals surface area contributed by atoms with Crippen LogP contribution in [0.15, 0.2) is 17.0 Å². The number of nitrogens with one attached hydrogen (secondary N) is 1. The van der Waals surface area contributed by atoms with Crippen LogP contribution < -0.4 is 14.8 Å². The molecule has 0 radical (unpaired) electrons. The molecule has 1 N–H and O–H groups in total. The van der Waals surface area contributed by atoms with E-state index in [1.807, 2.05) is 18.8 Å². The number of benzene rings is 1. The van der Waals surface area contributed by atoms with E-state index in [0.717, 1.165) is 31.1 Å². The number of hydrogen-bond donors (Lipinski definition) is 1. The number of hydrogen-bond acceptors (Lipinski definition) is 4. The lowest BCUT2D eigenvalue weighted by Crippen LogP contribution is -2.23. The van der Waals surface area contributed by atoms with Crippen LogP contribution in [0.2, 0.25) is 0 Å². The van der Waals surface area contributed by atoms with Gasteiger partial charge in [0.05, 0.1) is 13.2 Å². The average Bonchev–Trinajstić information content (AvgIpc) is 2.58. The van der Waals surface area contributed by atoms with Gasteiger partial charge in [-0.05, 0) is 31.2 Å². The Balaban J connectivity index is 1.94. The largest absolute Gasteiger partial charge is 0.490 e. The Morgan fingerprint density at radius 3 is 2.68 bits per heavy atom. The van der Waals surface area contributed by atoms with Crippen molar-refractivity contribution in [2.45, 2.75) is 42.4 Å². The van der Waals surface area contributed by atoms with E-state index in [2.05, 4.69) is 24.4 Å². The van der Waals surface area contributed by atoms with Crippen molar-refractivity contribution >= 4 is 11.8 Å². The van der Waals surface area contributed by atoms with E-state index >= 15 is 0 Å². The summed E-state index contributed by atoms with van der Waals surface area (Å²) in [5.74, 6) is 1.82. The second-order valence-electron chi connectivity index (χ2n) is 5.10. The van der Waals surface area contributed by atoms with Gasteiger partial charge in [0.2, 0.25) is 0 Å². The predicted molar refractivity (Wildman–Crippen MR) is 78.4 cm³/mol. The van der Waals surface area contributed by atoms with Gasteiger partial charge in [-0.1, -0.05) is 13.3 Å². The Morgan fingerprint density at radius 1 is 1.26 bits per heavy atom. The highest BCUT2D eigenvalue weighted by Crippen LogP contribution is 2.49. The first-order chi connectivity index (χ1) is 9.33. The summed E-state index contributed by atoms with van der Waals surface area (Å²) < 4.78 is 11.6. The van der Waals surface area contributed by atoms with Gasteiger partial charge < -0.3 is 14.8 Å². The monoisotopic (exact) mass is 279 g/mol. The second kappa shape index (κ2) is 5.63. The smallest absolute Gasteiger partial charge is 0.162 e. The molecule has 0 saturated carbocycles. The maximum absolute atomic E-state index is 5.80. The fraction of sp³-hybridized carbons (Fsp3) is 0.600. The topological polar surface area (TPSA) is 30.5 Å². The molecule has 0 amide bonds. The zero-order chi connectivity index (χ0) is 13.2. The molecule has 2 heterocycles. The van der Waals surface area contributed by atoms with Gasteiger partial charge in [-0.2, -0.15) is 0 Å². The van der Waals surface area contributed by atoms with Crippen LogP contribution in [0, 0.1) is 0 Å². The highest BCUT2D eigenvalue weighted by Gasteiger charge is 2.33. The molecule has 2 unspecified atom stereocenters. The SMILES string of the molecule is CCCC1Sc2cc3c(cc2C1NC)OCCCO3. The number of rotatable bonds is 3. The highest BCUT2D eigenvalue weighted by molar-refractivity contribution is 8.00. The van der Waals surface area contributed by atoms with E-state index in [1.165, 1.54) is 23.3 Å². The van der Waals surface area contributed by atoms with Crippen LogP contribution in [0.25, 0.3) is 0 Å². The van der Waals surface area contributed by atoms with Crippen LogP contribution in [0.1, 0.15) is 37.8 Å². The van der Waals surface area contributed by atoms with Crippen LogP contribution in [-0.4, -0.2) is 25.5 Å². The van der Waals surface area contributed by atoms with E-state index in [1.54, 1.807) is 0 Å². The van der Waals surface area contributed by atoms with Crippen molar-refractivity contribution in [3.63, 3.8) is 0 Å². The van der Waals surface area contributed by atoms with Gasteiger partial charge in [-0.3, -0.25) is 0 Å². The maximum Gasteiger partial charge on any atom is 0.162 e. The predicted octanol–water partition coefficient (Wildman–Crippen LogP) is 3.38. The first-order valence-corrected chi connectivity index (χ1v) is 7.99. The molecule has 2 atom stereocenters. The lowest BCUT2D eigenvalue weighted by Gasteiger charge is -2.18. The summed E-state index contributed by atoms with van der Waals surface area (Å²) in [4.78, 5) is 1.35. The summed E-state index contributed by atoms with van der Waals surface area (Å²) in [6, 6.07) is 4.78. The van der Waals surface area contributed by atoms with Gasteiger partial charge >= 0.3 is 0 Å². The van der Waals surface area contributed by atoms with Crippen LogP contribution in [0.3, 0.4) is 0 Å². The highest BCUT2D eigenvalue weighted by atomic mass is 32.2. The Hall–Kier alpha value is -0.870. The second-order valence-corrected chi connectivity index (χ2v) is 6.38. The standard InChI is InChI=1S/C15H21NO2S/c1-3-5-13-15(16-2)10-8-11-12(9-14(10)19-13)18-7-4-6-17-11/h8-9,13,15-16H,3-7H2,1-2H3. The molecule has 4 heteroatoms. The first-order valence-electron chi connectivity index (χ1n) is 7.11. The van der Waals surface area contributed by atoms with Crippen molar-refractivity contribution in [1.29, 1.82) is 0 Å². The normalized spacial score (nSPS) is 24.9. The molecular weight excluding hydrogens is 258 g/mol. The summed E-state index contributed by atoms with van der Waals surface area (Å²) in [7, 11) is 2.05. The molecule has 2 aliphatic heterocycles. The molecule has 0 fully saturated rings. The van der Waals surface area contributed by atoms with Gasteiger partial charge in [0.15, 0.2) is 11.5 Å². The summed E-state index contributed by atoms with van der Waals surface area (Å²) in [6.45, 7) is 3.75. The molecule has 19 heavy (non-hydrogen) atoms. The van der Waals surface area contributed by atoms with Crippen molar-refractivity contribution in [1.82, 2.24) is 5.32 Å². The fourth-order valence-electron chi connectivity index (χ4n) is 2.83. The Labute approximate surface area is 119 Å². The van der Waals surface area contributed by atoms with E-state index in [4.69, 9.17) is 9.47 Å². The molecule has 3 nitrogen and oxygen atoms in total. The molecule has 2 aliphatic rings. The van der Waals surface area contributed by atoms with Crippen LogP contribution in [-0.2, 0) is 0 Å². The van der Waals surface area contributed by atoms with Crippen molar-refractivity contribution in [2.24, 2.45) is 0 Å². The summed E-state index contributed by atoms with van der Waals surface area (Å²) in [5, 5.41) is 4.08. The maximum atomic E-state index is 5.80. The van der Waals surface area contributed by atoms with Gasteiger partial charge in [0.1, 0.15) is 0 Å².